The number of amides is 1. The maximum atomic E-state index is 12.8. The molecule has 0 saturated carbocycles. The molecule has 24 heavy (non-hydrogen) atoms. The number of nitrogens with one attached hydrogen (secondary N) is 1. The Bertz CT molecular complexity index is 542. The number of rotatable bonds is 7. The fraction of sp³-hybridized carbons (Fsp3) is 0.588. The largest absolute Gasteiger partial charge is 0.416 e. The van der Waals surface area contributed by atoms with E-state index in [0.717, 1.165) is 18.6 Å². The zero-order valence-electron chi connectivity index (χ0n) is 13.3. The van der Waals surface area contributed by atoms with Crippen LogP contribution < -0.4 is 5.32 Å². The first-order valence-electron chi connectivity index (χ1n) is 8.05. The Morgan fingerprint density at radius 3 is 2.83 bits per heavy atom. The van der Waals surface area contributed by atoms with Crippen molar-refractivity contribution in [3.63, 3.8) is 0 Å². The zero-order valence-corrected chi connectivity index (χ0v) is 13.3. The molecular weight excluding hydrogens is 323 g/mol. The van der Waals surface area contributed by atoms with Crippen LogP contribution in [0.5, 0.6) is 0 Å². The Hall–Kier alpha value is -1.60. The molecule has 0 spiro atoms. The van der Waals surface area contributed by atoms with E-state index in [4.69, 9.17) is 9.84 Å². The number of aliphatic hydroxyl groups excluding tert-OH is 1. The van der Waals surface area contributed by atoms with Gasteiger partial charge in [-0.2, -0.15) is 13.2 Å². The van der Waals surface area contributed by atoms with Crippen molar-refractivity contribution in [1.29, 1.82) is 0 Å². The predicted octanol–water partition coefficient (Wildman–Crippen LogP) is 3.06. The monoisotopic (exact) mass is 345 g/mol. The number of carbonyl (C=O) groups is 1. The van der Waals surface area contributed by atoms with Crippen LogP contribution in [0.1, 0.15) is 42.9 Å². The highest BCUT2D eigenvalue weighted by Gasteiger charge is 2.31. The van der Waals surface area contributed by atoms with Crippen molar-refractivity contribution in [2.24, 2.45) is 5.92 Å². The van der Waals surface area contributed by atoms with Gasteiger partial charge in [0.1, 0.15) is 0 Å². The average Bonchev–Trinajstić information content (AvgIpc) is 3.05. The summed E-state index contributed by atoms with van der Waals surface area (Å²) in [7, 11) is 0. The molecule has 0 aromatic heterocycles. The summed E-state index contributed by atoms with van der Waals surface area (Å²) in [4.78, 5) is 12.1. The van der Waals surface area contributed by atoms with Gasteiger partial charge in [-0.15, -0.1) is 0 Å². The van der Waals surface area contributed by atoms with Gasteiger partial charge in [0, 0.05) is 26.2 Å². The van der Waals surface area contributed by atoms with Gasteiger partial charge >= 0.3 is 6.18 Å². The van der Waals surface area contributed by atoms with Gasteiger partial charge in [0.05, 0.1) is 11.6 Å². The van der Waals surface area contributed by atoms with Gasteiger partial charge in [-0.25, -0.2) is 0 Å². The minimum atomic E-state index is -4.44. The van der Waals surface area contributed by atoms with E-state index in [-0.39, 0.29) is 18.9 Å². The molecule has 2 N–H and O–H groups in total. The minimum Gasteiger partial charge on any atom is -0.396 e. The van der Waals surface area contributed by atoms with Crippen molar-refractivity contribution in [1.82, 2.24) is 5.32 Å². The number of carbonyl (C=O) groups excluding carboxylic acids is 1. The maximum absolute atomic E-state index is 12.8. The summed E-state index contributed by atoms with van der Waals surface area (Å²) >= 11 is 0. The molecule has 0 unspecified atom stereocenters. The molecule has 1 fully saturated rings. The summed E-state index contributed by atoms with van der Waals surface area (Å²) < 4.78 is 43.7. The highest BCUT2D eigenvalue weighted by Crippen LogP contribution is 2.31. The Kier molecular flexibility index (Phi) is 6.62. The van der Waals surface area contributed by atoms with Crippen LogP contribution in [0.25, 0.3) is 0 Å². The Balaban J connectivity index is 1.99. The lowest BCUT2D eigenvalue weighted by Crippen LogP contribution is -2.29. The van der Waals surface area contributed by atoms with Crippen molar-refractivity contribution >= 4 is 5.91 Å². The molecule has 1 aliphatic rings. The first-order chi connectivity index (χ1) is 11.4. The number of aliphatic hydroxyl groups is 1. The standard InChI is InChI=1S/C17H22F3NO3/c18-17(19,20)14-3-1-2-13(10-14)15(6-8-22)21-16(23)5-4-12-7-9-24-11-12/h1-3,10,12,15,22H,4-9,11H2,(H,21,23)/t12-,15-/m1/s1. The number of alkyl halides is 3. The highest BCUT2D eigenvalue weighted by atomic mass is 19.4. The van der Waals surface area contributed by atoms with Crippen LogP contribution in [0, 0.1) is 5.92 Å². The molecule has 1 aliphatic heterocycles. The lowest BCUT2D eigenvalue weighted by molar-refractivity contribution is -0.137. The number of hydrogen-bond donors (Lipinski definition) is 2. The number of ether oxygens (including phenoxy) is 1. The third-order valence-corrected chi connectivity index (χ3v) is 4.17. The lowest BCUT2D eigenvalue weighted by atomic mass is 9.99. The second-order valence-electron chi connectivity index (χ2n) is 6.02. The van der Waals surface area contributed by atoms with Crippen molar-refractivity contribution in [2.45, 2.75) is 37.9 Å². The summed E-state index contributed by atoms with van der Waals surface area (Å²) in [6.07, 6.45) is -2.35. The number of halogens is 3. The molecule has 0 radical (unpaired) electrons. The first kappa shape index (κ1) is 18.7. The van der Waals surface area contributed by atoms with Crippen molar-refractivity contribution in [2.75, 3.05) is 19.8 Å². The van der Waals surface area contributed by atoms with Gasteiger partial charge in [0.2, 0.25) is 5.91 Å². The van der Waals surface area contributed by atoms with Crippen LogP contribution in [0.3, 0.4) is 0 Å². The number of hydrogen-bond acceptors (Lipinski definition) is 3. The smallest absolute Gasteiger partial charge is 0.396 e. The summed E-state index contributed by atoms with van der Waals surface area (Å²) in [5, 5.41) is 11.9. The lowest BCUT2D eigenvalue weighted by Gasteiger charge is -2.20. The normalized spacial score (nSPS) is 19.2. The Morgan fingerprint density at radius 2 is 2.21 bits per heavy atom. The molecule has 1 saturated heterocycles. The summed E-state index contributed by atoms with van der Waals surface area (Å²) in [5.74, 6) is 0.137. The molecule has 1 aromatic carbocycles. The molecule has 2 rings (SSSR count). The molecule has 0 bridgehead atoms. The Morgan fingerprint density at radius 1 is 1.42 bits per heavy atom. The van der Waals surface area contributed by atoms with Crippen molar-refractivity contribution in [3.05, 3.63) is 35.4 Å². The Labute approximate surface area is 139 Å². The van der Waals surface area contributed by atoms with Gasteiger partial charge in [0.15, 0.2) is 0 Å². The van der Waals surface area contributed by atoms with Crippen LogP contribution in [0.15, 0.2) is 24.3 Å². The molecule has 4 nitrogen and oxygen atoms in total. The topological polar surface area (TPSA) is 58.6 Å². The quantitative estimate of drug-likeness (QED) is 0.798. The average molecular weight is 345 g/mol. The van der Waals surface area contributed by atoms with E-state index in [1.165, 1.54) is 12.1 Å². The van der Waals surface area contributed by atoms with E-state index in [1.54, 1.807) is 0 Å². The molecule has 134 valence electrons. The molecule has 0 aliphatic carbocycles. The first-order valence-corrected chi connectivity index (χ1v) is 8.05. The van der Waals surface area contributed by atoms with Gasteiger partial charge in [-0.05, 0) is 42.9 Å². The zero-order chi connectivity index (χ0) is 17.6. The maximum Gasteiger partial charge on any atom is 0.416 e. The summed E-state index contributed by atoms with van der Waals surface area (Å²) in [6.45, 7) is 1.14. The van der Waals surface area contributed by atoms with Crippen molar-refractivity contribution in [3.8, 4) is 0 Å². The van der Waals surface area contributed by atoms with E-state index in [0.29, 0.717) is 37.5 Å². The van der Waals surface area contributed by atoms with Crippen LogP contribution >= 0.6 is 0 Å². The van der Waals surface area contributed by atoms with Gasteiger partial charge in [-0.3, -0.25) is 4.79 Å². The van der Waals surface area contributed by atoms with E-state index in [9.17, 15) is 18.0 Å². The van der Waals surface area contributed by atoms with Crippen LogP contribution in [-0.4, -0.2) is 30.8 Å². The van der Waals surface area contributed by atoms with Crippen LogP contribution in [0.4, 0.5) is 13.2 Å². The SMILES string of the molecule is O=C(CC[C@@H]1CCOC1)N[C@H](CCO)c1cccc(C(F)(F)F)c1. The highest BCUT2D eigenvalue weighted by molar-refractivity contribution is 5.76. The van der Waals surface area contributed by atoms with E-state index >= 15 is 0 Å². The fourth-order valence-electron chi connectivity index (χ4n) is 2.80. The fourth-order valence-corrected chi connectivity index (χ4v) is 2.80. The van der Waals surface area contributed by atoms with E-state index in [1.807, 2.05) is 0 Å². The van der Waals surface area contributed by atoms with Crippen molar-refractivity contribution < 1.29 is 27.8 Å². The number of benzene rings is 1. The molecule has 1 aromatic rings. The second kappa shape index (κ2) is 8.48. The van der Waals surface area contributed by atoms with Gasteiger partial charge in [-0.1, -0.05) is 12.1 Å². The predicted molar refractivity (Wildman–Crippen MR) is 82.2 cm³/mol. The van der Waals surface area contributed by atoms with Gasteiger partial charge < -0.3 is 15.2 Å². The van der Waals surface area contributed by atoms with Gasteiger partial charge in [0.25, 0.3) is 0 Å². The molecular formula is C17H22F3NO3. The third-order valence-electron chi connectivity index (χ3n) is 4.17. The minimum absolute atomic E-state index is 0.166. The van der Waals surface area contributed by atoms with Crippen LogP contribution in [0.2, 0.25) is 0 Å². The molecule has 2 atom stereocenters. The molecule has 1 amide bonds. The third kappa shape index (κ3) is 5.49. The van der Waals surface area contributed by atoms with E-state index < -0.39 is 17.8 Å². The second-order valence-corrected chi connectivity index (χ2v) is 6.02. The molecule has 1 heterocycles. The summed E-state index contributed by atoms with van der Waals surface area (Å²) in [6, 6.07) is 4.21. The molecule has 7 heteroatoms. The van der Waals surface area contributed by atoms with Crippen LogP contribution in [-0.2, 0) is 15.7 Å². The summed E-state index contributed by atoms with van der Waals surface area (Å²) in [5.41, 5.74) is -0.420. The van der Waals surface area contributed by atoms with E-state index in [2.05, 4.69) is 5.32 Å².